The van der Waals surface area contributed by atoms with Crippen LogP contribution in [0.15, 0.2) is 42.5 Å². The van der Waals surface area contributed by atoms with Crippen molar-refractivity contribution in [3.05, 3.63) is 64.7 Å². The summed E-state index contributed by atoms with van der Waals surface area (Å²) in [5, 5.41) is 11.9. The van der Waals surface area contributed by atoms with Crippen molar-refractivity contribution in [2.24, 2.45) is 5.92 Å². The first-order valence-electron chi connectivity index (χ1n) is 7.30. The Bertz CT molecular complexity index is 783. The Hall–Kier alpha value is -2.93. The van der Waals surface area contributed by atoms with E-state index in [2.05, 4.69) is 5.32 Å². The molecule has 116 valence electrons. The Balaban J connectivity index is 2.23. The van der Waals surface area contributed by atoms with E-state index in [-0.39, 0.29) is 0 Å². The van der Waals surface area contributed by atoms with E-state index in [1.165, 1.54) is 0 Å². The topological polar surface area (TPSA) is 70.0 Å². The fraction of sp³-hybridized carbons (Fsp3) is 0.211. The maximum Gasteiger partial charge on any atom is 0.249 e. The zero-order chi connectivity index (χ0) is 17.0. The number of aryl methyl sites for hydroxylation is 3. The van der Waals surface area contributed by atoms with Gasteiger partial charge in [0.25, 0.3) is 0 Å². The van der Waals surface area contributed by atoms with Gasteiger partial charge in [-0.25, -0.2) is 0 Å². The highest BCUT2D eigenvalue weighted by molar-refractivity contribution is 6.15. The van der Waals surface area contributed by atoms with E-state index in [1.807, 2.05) is 39.0 Å². The van der Waals surface area contributed by atoms with Crippen molar-refractivity contribution in [1.29, 1.82) is 5.26 Å². The Morgan fingerprint density at radius 1 is 1.00 bits per heavy atom. The van der Waals surface area contributed by atoms with E-state index in [4.69, 9.17) is 0 Å². The van der Waals surface area contributed by atoms with Crippen LogP contribution in [-0.2, 0) is 4.79 Å². The van der Waals surface area contributed by atoms with E-state index in [1.54, 1.807) is 30.3 Å². The van der Waals surface area contributed by atoms with E-state index < -0.39 is 17.6 Å². The number of benzene rings is 2. The first kappa shape index (κ1) is 16.4. The molecule has 1 unspecified atom stereocenters. The summed E-state index contributed by atoms with van der Waals surface area (Å²) >= 11 is 0. The number of hydrogen-bond acceptors (Lipinski definition) is 3. The number of carbonyl (C=O) groups is 2. The second-order valence-electron chi connectivity index (χ2n) is 5.66. The first-order chi connectivity index (χ1) is 10.9. The van der Waals surface area contributed by atoms with Gasteiger partial charge in [-0.15, -0.1) is 0 Å². The molecule has 4 nitrogen and oxygen atoms in total. The van der Waals surface area contributed by atoms with Gasteiger partial charge in [-0.05, 0) is 50.6 Å². The molecule has 0 aliphatic heterocycles. The molecule has 1 amide bonds. The van der Waals surface area contributed by atoms with Gasteiger partial charge in [0.05, 0.1) is 6.07 Å². The largest absolute Gasteiger partial charge is 0.325 e. The fourth-order valence-electron chi connectivity index (χ4n) is 2.46. The molecule has 2 rings (SSSR count). The smallest absolute Gasteiger partial charge is 0.249 e. The number of hydrogen-bond donors (Lipinski definition) is 1. The van der Waals surface area contributed by atoms with E-state index >= 15 is 0 Å². The molecule has 0 saturated heterocycles. The zero-order valence-electron chi connectivity index (χ0n) is 13.4. The van der Waals surface area contributed by atoms with Crippen molar-refractivity contribution in [3.63, 3.8) is 0 Å². The second kappa shape index (κ2) is 6.89. The molecule has 0 aromatic heterocycles. The van der Waals surface area contributed by atoms with Gasteiger partial charge in [-0.3, -0.25) is 9.59 Å². The quantitative estimate of drug-likeness (QED) is 0.693. The number of nitrogens with one attached hydrogen (secondary N) is 1. The third-order valence-corrected chi connectivity index (χ3v) is 3.45. The molecule has 0 bridgehead atoms. The number of nitriles is 1. The van der Waals surface area contributed by atoms with Crippen LogP contribution >= 0.6 is 0 Å². The predicted octanol–water partition coefficient (Wildman–Crippen LogP) is 3.57. The van der Waals surface area contributed by atoms with Gasteiger partial charge in [-0.2, -0.15) is 5.26 Å². The molecule has 1 atom stereocenters. The molecule has 0 aliphatic carbocycles. The Morgan fingerprint density at radius 3 is 2.22 bits per heavy atom. The maximum atomic E-state index is 12.5. The van der Waals surface area contributed by atoms with Crippen LogP contribution < -0.4 is 5.32 Å². The average Bonchev–Trinajstić information content (AvgIpc) is 2.46. The summed E-state index contributed by atoms with van der Waals surface area (Å²) in [4.78, 5) is 24.8. The molecule has 2 aromatic rings. The van der Waals surface area contributed by atoms with Gasteiger partial charge in [0, 0.05) is 11.3 Å². The molecule has 0 fully saturated rings. The lowest BCUT2D eigenvalue weighted by Gasteiger charge is -2.11. The fourth-order valence-corrected chi connectivity index (χ4v) is 2.46. The van der Waals surface area contributed by atoms with Gasteiger partial charge in [0.2, 0.25) is 5.91 Å². The minimum atomic E-state index is -1.36. The summed E-state index contributed by atoms with van der Waals surface area (Å²) in [6.07, 6.45) is 0. The average molecular weight is 306 g/mol. The highest BCUT2D eigenvalue weighted by atomic mass is 16.2. The van der Waals surface area contributed by atoms with Crippen molar-refractivity contribution in [2.75, 3.05) is 5.32 Å². The molecule has 0 aliphatic rings. The van der Waals surface area contributed by atoms with Crippen LogP contribution in [0.5, 0.6) is 0 Å². The van der Waals surface area contributed by atoms with Crippen LogP contribution in [0.3, 0.4) is 0 Å². The van der Waals surface area contributed by atoms with Crippen LogP contribution in [0.25, 0.3) is 0 Å². The number of Topliss-reactive ketones (excluding diaryl/α,β-unsaturated/α-hetero) is 1. The summed E-state index contributed by atoms with van der Waals surface area (Å²) in [6, 6.07) is 14.3. The molecular formula is C19H18N2O2. The summed E-state index contributed by atoms with van der Waals surface area (Å²) in [7, 11) is 0. The molecule has 4 heteroatoms. The molecule has 0 saturated carbocycles. The summed E-state index contributed by atoms with van der Waals surface area (Å²) < 4.78 is 0. The molecule has 1 N–H and O–H groups in total. The molecule has 23 heavy (non-hydrogen) atoms. The van der Waals surface area contributed by atoms with E-state index in [0.717, 1.165) is 16.7 Å². The number of nitrogens with zero attached hydrogens (tertiary/aromatic N) is 1. The third-order valence-electron chi connectivity index (χ3n) is 3.45. The van der Waals surface area contributed by atoms with E-state index in [9.17, 15) is 14.9 Å². The minimum absolute atomic E-state index is 0.383. The summed E-state index contributed by atoms with van der Waals surface area (Å²) in [5.74, 6) is -2.46. The Kier molecular flexibility index (Phi) is 4.92. The van der Waals surface area contributed by atoms with Crippen LogP contribution in [0.2, 0.25) is 0 Å². The Labute approximate surface area is 135 Å². The van der Waals surface area contributed by atoms with Crippen molar-refractivity contribution in [3.8, 4) is 6.07 Å². The van der Waals surface area contributed by atoms with Crippen LogP contribution in [0.4, 0.5) is 5.69 Å². The molecule has 2 aromatic carbocycles. The number of carbonyl (C=O) groups excluding carboxylic acids is 2. The van der Waals surface area contributed by atoms with Crippen molar-refractivity contribution in [1.82, 2.24) is 0 Å². The van der Waals surface area contributed by atoms with Gasteiger partial charge in [-0.1, -0.05) is 29.3 Å². The molecule has 0 spiro atoms. The van der Waals surface area contributed by atoms with Crippen molar-refractivity contribution in [2.45, 2.75) is 20.8 Å². The predicted molar refractivity (Wildman–Crippen MR) is 89.2 cm³/mol. The Morgan fingerprint density at radius 2 is 1.65 bits per heavy atom. The number of ketones is 1. The maximum absolute atomic E-state index is 12.5. The van der Waals surface area contributed by atoms with Crippen LogP contribution in [-0.4, -0.2) is 11.7 Å². The normalized spacial score (nSPS) is 11.4. The van der Waals surface area contributed by atoms with Gasteiger partial charge < -0.3 is 5.32 Å². The highest BCUT2D eigenvalue weighted by Gasteiger charge is 2.27. The number of amides is 1. The lowest BCUT2D eigenvalue weighted by molar-refractivity contribution is -0.117. The minimum Gasteiger partial charge on any atom is -0.325 e. The summed E-state index contributed by atoms with van der Waals surface area (Å²) in [5.41, 5.74) is 3.78. The van der Waals surface area contributed by atoms with Crippen LogP contribution in [0, 0.1) is 38.0 Å². The van der Waals surface area contributed by atoms with Crippen molar-refractivity contribution < 1.29 is 9.59 Å². The SMILES string of the molecule is Cc1cccc(NC(=O)C(C#N)C(=O)c2cc(C)cc(C)c2)c1. The summed E-state index contributed by atoms with van der Waals surface area (Å²) in [6.45, 7) is 5.65. The standard InChI is InChI=1S/C19H18N2O2/c1-12-5-4-6-16(10-12)21-19(23)17(11-20)18(22)15-8-13(2)7-14(3)9-15/h4-10,17H,1-3H3,(H,21,23). The monoisotopic (exact) mass is 306 g/mol. The van der Waals surface area contributed by atoms with E-state index in [0.29, 0.717) is 11.3 Å². The lowest BCUT2D eigenvalue weighted by Crippen LogP contribution is -2.28. The first-order valence-corrected chi connectivity index (χ1v) is 7.30. The zero-order valence-corrected chi connectivity index (χ0v) is 13.4. The van der Waals surface area contributed by atoms with Gasteiger partial charge >= 0.3 is 0 Å². The number of anilines is 1. The highest BCUT2D eigenvalue weighted by Crippen LogP contribution is 2.16. The van der Waals surface area contributed by atoms with Gasteiger partial charge in [0.1, 0.15) is 0 Å². The van der Waals surface area contributed by atoms with Crippen LogP contribution in [0.1, 0.15) is 27.0 Å². The van der Waals surface area contributed by atoms with Crippen molar-refractivity contribution >= 4 is 17.4 Å². The second-order valence-corrected chi connectivity index (χ2v) is 5.66. The lowest BCUT2D eigenvalue weighted by atomic mass is 9.95. The van der Waals surface area contributed by atoms with Gasteiger partial charge in [0.15, 0.2) is 11.7 Å². The molecular weight excluding hydrogens is 288 g/mol. The molecule has 0 heterocycles. The number of rotatable bonds is 4. The third kappa shape index (κ3) is 4.04. The molecule has 0 radical (unpaired) electrons.